The van der Waals surface area contributed by atoms with E-state index in [2.05, 4.69) is 61.5 Å². The molecule has 2 unspecified atom stereocenters. The molecule has 2 aromatic rings. The van der Waals surface area contributed by atoms with Gasteiger partial charge in [-0.1, -0.05) is 54.6 Å². The maximum atomic E-state index is 6.52. The third-order valence-electron chi connectivity index (χ3n) is 4.06. The van der Waals surface area contributed by atoms with Crippen molar-refractivity contribution >= 4 is 0 Å². The van der Waals surface area contributed by atoms with E-state index in [0.717, 1.165) is 12.8 Å². The van der Waals surface area contributed by atoms with Gasteiger partial charge in [0.15, 0.2) is 0 Å². The first kappa shape index (κ1) is 11.5. The van der Waals surface area contributed by atoms with Crippen molar-refractivity contribution in [3.8, 4) is 0 Å². The lowest BCUT2D eigenvalue weighted by atomic mass is 9.97. The first-order valence-corrected chi connectivity index (χ1v) is 6.57. The van der Waals surface area contributed by atoms with Crippen molar-refractivity contribution in [1.29, 1.82) is 0 Å². The number of aryl methyl sites for hydroxylation is 1. The maximum absolute atomic E-state index is 6.52. The molecule has 2 atom stereocenters. The topological polar surface area (TPSA) is 26.0 Å². The zero-order valence-corrected chi connectivity index (χ0v) is 10.8. The first-order chi connectivity index (χ1) is 8.69. The summed E-state index contributed by atoms with van der Waals surface area (Å²) in [6, 6.07) is 19.2. The van der Waals surface area contributed by atoms with Gasteiger partial charge in [0.25, 0.3) is 0 Å². The van der Waals surface area contributed by atoms with Gasteiger partial charge in [-0.15, -0.1) is 0 Å². The fourth-order valence-corrected chi connectivity index (χ4v) is 2.89. The van der Waals surface area contributed by atoms with Gasteiger partial charge in [-0.05, 0) is 36.5 Å². The molecule has 0 bridgehead atoms. The summed E-state index contributed by atoms with van der Waals surface area (Å²) in [5, 5.41) is 0. The minimum absolute atomic E-state index is 0.0343. The molecule has 1 fully saturated rings. The molecule has 1 nitrogen and oxygen atoms in total. The highest BCUT2D eigenvalue weighted by molar-refractivity contribution is 5.40. The van der Waals surface area contributed by atoms with Gasteiger partial charge >= 0.3 is 0 Å². The largest absolute Gasteiger partial charge is 0.324 e. The van der Waals surface area contributed by atoms with Crippen LogP contribution in [0, 0.1) is 6.92 Å². The number of hydrogen-bond donors (Lipinski definition) is 1. The lowest BCUT2D eigenvalue weighted by molar-refractivity contribution is 0.645. The standard InChI is InChI=1S/C17H19N/c1-13-7-5-6-10-15(13)16-12-17(16,18)11-14-8-3-2-4-9-14/h2-10,16H,11-12,18H2,1H3. The third kappa shape index (κ3) is 2.06. The minimum Gasteiger partial charge on any atom is -0.324 e. The van der Waals surface area contributed by atoms with Crippen molar-refractivity contribution in [1.82, 2.24) is 0 Å². The average molecular weight is 237 g/mol. The Morgan fingerprint density at radius 1 is 1.06 bits per heavy atom. The molecule has 0 amide bonds. The molecule has 0 heterocycles. The van der Waals surface area contributed by atoms with Gasteiger partial charge in [-0.2, -0.15) is 0 Å². The molecule has 0 spiro atoms. The van der Waals surface area contributed by atoms with Crippen LogP contribution in [0.2, 0.25) is 0 Å². The fourth-order valence-electron chi connectivity index (χ4n) is 2.89. The Kier molecular flexibility index (Phi) is 2.71. The van der Waals surface area contributed by atoms with Crippen LogP contribution in [0.3, 0.4) is 0 Å². The number of hydrogen-bond acceptors (Lipinski definition) is 1. The van der Waals surface area contributed by atoms with Crippen LogP contribution in [0.4, 0.5) is 0 Å². The van der Waals surface area contributed by atoms with Gasteiger partial charge in [0, 0.05) is 11.5 Å². The molecule has 1 aliphatic carbocycles. The molecule has 0 aliphatic heterocycles. The van der Waals surface area contributed by atoms with E-state index < -0.39 is 0 Å². The van der Waals surface area contributed by atoms with Gasteiger partial charge < -0.3 is 5.73 Å². The fraction of sp³-hybridized carbons (Fsp3) is 0.294. The van der Waals surface area contributed by atoms with E-state index in [-0.39, 0.29) is 5.54 Å². The second kappa shape index (κ2) is 4.25. The summed E-state index contributed by atoms with van der Waals surface area (Å²) in [5.74, 6) is 0.527. The summed E-state index contributed by atoms with van der Waals surface area (Å²) in [7, 11) is 0. The highest BCUT2D eigenvalue weighted by Crippen LogP contribution is 2.52. The number of rotatable bonds is 3. The predicted molar refractivity (Wildman–Crippen MR) is 75.6 cm³/mol. The van der Waals surface area contributed by atoms with E-state index in [1.807, 2.05) is 0 Å². The second-order valence-electron chi connectivity index (χ2n) is 5.51. The van der Waals surface area contributed by atoms with E-state index >= 15 is 0 Å². The van der Waals surface area contributed by atoms with Gasteiger partial charge in [0.1, 0.15) is 0 Å². The van der Waals surface area contributed by atoms with Gasteiger partial charge in [-0.25, -0.2) is 0 Å². The number of nitrogens with two attached hydrogens (primary N) is 1. The van der Waals surface area contributed by atoms with Crippen LogP contribution in [-0.2, 0) is 6.42 Å². The summed E-state index contributed by atoms with van der Waals surface area (Å²) in [4.78, 5) is 0. The van der Waals surface area contributed by atoms with Gasteiger partial charge in [0.2, 0.25) is 0 Å². The van der Waals surface area contributed by atoms with Crippen LogP contribution in [0.5, 0.6) is 0 Å². The van der Waals surface area contributed by atoms with Crippen molar-refractivity contribution in [2.75, 3.05) is 0 Å². The van der Waals surface area contributed by atoms with E-state index in [1.54, 1.807) is 0 Å². The SMILES string of the molecule is Cc1ccccc1C1CC1(N)Cc1ccccc1. The summed E-state index contributed by atoms with van der Waals surface area (Å²) in [6.45, 7) is 2.18. The quantitative estimate of drug-likeness (QED) is 0.869. The van der Waals surface area contributed by atoms with Gasteiger partial charge in [0.05, 0.1) is 0 Å². The first-order valence-electron chi connectivity index (χ1n) is 6.57. The zero-order chi connectivity index (χ0) is 12.6. The summed E-state index contributed by atoms with van der Waals surface area (Å²) < 4.78 is 0. The van der Waals surface area contributed by atoms with E-state index in [0.29, 0.717) is 5.92 Å². The highest BCUT2D eigenvalue weighted by Gasteiger charge is 2.51. The molecule has 3 rings (SSSR count). The monoisotopic (exact) mass is 237 g/mol. The summed E-state index contributed by atoms with van der Waals surface area (Å²) in [5.41, 5.74) is 10.6. The van der Waals surface area contributed by atoms with Crippen LogP contribution in [0.1, 0.15) is 29.0 Å². The molecule has 1 heteroatoms. The lowest BCUT2D eigenvalue weighted by Crippen LogP contribution is -2.27. The lowest BCUT2D eigenvalue weighted by Gasteiger charge is -2.13. The summed E-state index contributed by atoms with van der Waals surface area (Å²) in [6.07, 6.45) is 2.08. The Morgan fingerprint density at radius 3 is 2.44 bits per heavy atom. The molecule has 18 heavy (non-hydrogen) atoms. The minimum atomic E-state index is -0.0343. The van der Waals surface area contributed by atoms with Crippen LogP contribution >= 0.6 is 0 Å². The van der Waals surface area contributed by atoms with Crippen LogP contribution < -0.4 is 5.73 Å². The van der Waals surface area contributed by atoms with Crippen molar-refractivity contribution < 1.29 is 0 Å². The Hall–Kier alpha value is -1.60. The van der Waals surface area contributed by atoms with E-state index in [4.69, 9.17) is 5.73 Å². The summed E-state index contributed by atoms with van der Waals surface area (Å²) >= 11 is 0. The zero-order valence-electron chi connectivity index (χ0n) is 10.8. The Morgan fingerprint density at radius 2 is 1.72 bits per heavy atom. The molecular weight excluding hydrogens is 218 g/mol. The van der Waals surface area contributed by atoms with E-state index in [1.165, 1.54) is 16.7 Å². The van der Waals surface area contributed by atoms with Crippen molar-refractivity contribution in [2.24, 2.45) is 5.73 Å². The van der Waals surface area contributed by atoms with Crippen LogP contribution in [-0.4, -0.2) is 5.54 Å². The van der Waals surface area contributed by atoms with Crippen molar-refractivity contribution in [3.63, 3.8) is 0 Å². The normalized spacial score (nSPS) is 26.0. The molecule has 92 valence electrons. The van der Waals surface area contributed by atoms with Gasteiger partial charge in [-0.3, -0.25) is 0 Å². The Bertz CT molecular complexity index is 547. The third-order valence-corrected chi connectivity index (χ3v) is 4.06. The molecule has 0 radical (unpaired) electrons. The molecular formula is C17H19N. The predicted octanol–water partition coefficient (Wildman–Crippen LogP) is 3.42. The molecule has 0 saturated heterocycles. The van der Waals surface area contributed by atoms with E-state index in [9.17, 15) is 0 Å². The highest BCUT2D eigenvalue weighted by atomic mass is 14.9. The molecule has 2 aromatic carbocycles. The maximum Gasteiger partial charge on any atom is 0.0271 e. The van der Waals surface area contributed by atoms with Crippen molar-refractivity contribution in [2.45, 2.75) is 31.2 Å². The Labute approximate surface area is 109 Å². The number of benzene rings is 2. The van der Waals surface area contributed by atoms with Crippen molar-refractivity contribution in [3.05, 3.63) is 71.3 Å². The molecule has 1 saturated carbocycles. The smallest absolute Gasteiger partial charge is 0.0271 e. The second-order valence-corrected chi connectivity index (χ2v) is 5.51. The van der Waals surface area contributed by atoms with Crippen LogP contribution in [0.25, 0.3) is 0 Å². The molecule has 1 aliphatic rings. The average Bonchev–Trinajstić information content (AvgIpc) is 3.02. The molecule has 2 N–H and O–H groups in total. The van der Waals surface area contributed by atoms with Crippen LogP contribution in [0.15, 0.2) is 54.6 Å². The Balaban J connectivity index is 1.78. The molecule has 0 aromatic heterocycles.